The third kappa shape index (κ3) is 3.63. The molecule has 2 fully saturated rings. The van der Waals surface area contributed by atoms with Crippen molar-refractivity contribution in [1.82, 2.24) is 15.3 Å². The quantitative estimate of drug-likeness (QED) is 0.757. The summed E-state index contributed by atoms with van der Waals surface area (Å²) in [5.74, 6) is 2.25. The number of nitrogens with zero attached hydrogens (tertiary/aromatic N) is 3. The van der Waals surface area contributed by atoms with E-state index >= 15 is 0 Å². The van der Waals surface area contributed by atoms with Gasteiger partial charge in [0.05, 0.1) is 5.69 Å². The second-order valence-electron chi connectivity index (χ2n) is 9.09. The number of fused-ring (bicyclic) bond motifs is 1. The highest BCUT2D eigenvalue weighted by molar-refractivity contribution is 5.67. The smallest absolute Gasteiger partial charge is 0.225 e. The van der Waals surface area contributed by atoms with Gasteiger partial charge in [-0.15, -0.1) is 0 Å². The number of hydrogen-bond donors (Lipinski definition) is 2. The lowest BCUT2D eigenvalue weighted by Crippen LogP contribution is -2.45. The highest BCUT2D eigenvalue weighted by atomic mass is 15.3. The predicted octanol–water partition coefficient (Wildman–Crippen LogP) is 4.15. The van der Waals surface area contributed by atoms with Gasteiger partial charge >= 0.3 is 0 Å². The van der Waals surface area contributed by atoms with Crippen molar-refractivity contribution in [2.75, 3.05) is 30.3 Å². The summed E-state index contributed by atoms with van der Waals surface area (Å²) in [7, 11) is 0. The molecule has 156 valence electrons. The van der Waals surface area contributed by atoms with E-state index in [1.54, 1.807) is 0 Å². The summed E-state index contributed by atoms with van der Waals surface area (Å²) < 4.78 is 0. The Morgan fingerprint density at radius 2 is 2.00 bits per heavy atom. The molecule has 5 heteroatoms. The van der Waals surface area contributed by atoms with E-state index in [4.69, 9.17) is 15.7 Å². The first-order valence-electron chi connectivity index (χ1n) is 11.2. The molecule has 3 heterocycles. The molecule has 3 N–H and O–H groups in total. The Labute approximate surface area is 179 Å². The van der Waals surface area contributed by atoms with Gasteiger partial charge in [0.15, 0.2) is 0 Å². The van der Waals surface area contributed by atoms with E-state index < -0.39 is 0 Å². The summed E-state index contributed by atoms with van der Waals surface area (Å²) in [4.78, 5) is 12.4. The Bertz CT molecular complexity index is 978. The van der Waals surface area contributed by atoms with Crippen LogP contribution in [-0.2, 0) is 0 Å². The first kappa shape index (κ1) is 19.3. The number of rotatable bonds is 3. The molecule has 4 unspecified atom stereocenters. The van der Waals surface area contributed by atoms with Crippen molar-refractivity contribution in [3.63, 3.8) is 0 Å². The second kappa shape index (κ2) is 7.88. The molecule has 30 heavy (non-hydrogen) atoms. The number of piperidine rings is 1. The van der Waals surface area contributed by atoms with Crippen molar-refractivity contribution in [2.24, 2.45) is 11.8 Å². The fraction of sp³-hybridized carbons (Fsp3) is 0.440. The molecule has 0 spiro atoms. The predicted molar refractivity (Wildman–Crippen MR) is 123 cm³/mol. The largest absolute Gasteiger partial charge is 0.399 e. The van der Waals surface area contributed by atoms with E-state index in [0.717, 1.165) is 42.5 Å². The van der Waals surface area contributed by atoms with Crippen LogP contribution in [0.4, 0.5) is 11.6 Å². The Hall–Kier alpha value is -2.66. The maximum Gasteiger partial charge on any atom is 0.225 e. The third-order valence-corrected chi connectivity index (χ3v) is 6.94. The molecule has 1 aliphatic carbocycles. The number of benzene rings is 1. The highest BCUT2D eigenvalue weighted by Crippen LogP contribution is 2.38. The van der Waals surface area contributed by atoms with Crippen LogP contribution >= 0.6 is 0 Å². The maximum absolute atomic E-state index is 5.95. The lowest BCUT2D eigenvalue weighted by Gasteiger charge is -2.35. The summed E-state index contributed by atoms with van der Waals surface area (Å²) in [6.07, 6.45) is 11.3. The molecule has 2 aliphatic heterocycles. The zero-order valence-electron chi connectivity index (χ0n) is 17.9. The molecule has 1 aromatic heterocycles. The van der Waals surface area contributed by atoms with Gasteiger partial charge in [0.1, 0.15) is 0 Å². The van der Waals surface area contributed by atoms with Gasteiger partial charge in [-0.1, -0.05) is 42.9 Å². The molecule has 0 bridgehead atoms. The fourth-order valence-electron chi connectivity index (χ4n) is 5.27. The van der Waals surface area contributed by atoms with Gasteiger partial charge in [-0.3, -0.25) is 0 Å². The summed E-state index contributed by atoms with van der Waals surface area (Å²) in [5.41, 5.74) is 11.4. The Balaban J connectivity index is 1.53. The minimum absolute atomic E-state index is 0.278. The lowest BCUT2D eigenvalue weighted by atomic mass is 9.81. The Kier molecular flexibility index (Phi) is 5.07. The summed E-state index contributed by atoms with van der Waals surface area (Å²) in [6.45, 7) is 7.62. The van der Waals surface area contributed by atoms with Crippen molar-refractivity contribution in [1.29, 1.82) is 0 Å². The van der Waals surface area contributed by atoms with Crippen LogP contribution in [0.15, 0.2) is 54.3 Å². The molecule has 0 amide bonds. The van der Waals surface area contributed by atoms with Gasteiger partial charge in [-0.05, 0) is 50.3 Å². The van der Waals surface area contributed by atoms with Crippen molar-refractivity contribution in [3.05, 3.63) is 59.8 Å². The lowest BCUT2D eigenvalue weighted by molar-refractivity contribution is 0.373. The number of nitrogen functional groups attached to an aromatic ring is 1. The second-order valence-corrected chi connectivity index (χ2v) is 9.09. The van der Waals surface area contributed by atoms with E-state index in [0.29, 0.717) is 17.9 Å². The number of aromatic nitrogens is 2. The van der Waals surface area contributed by atoms with Gasteiger partial charge in [0.25, 0.3) is 0 Å². The van der Waals surface area contributed by atoms with Crippen molar-refractivity contribution in [3.8, 4) is 11.3 Å². The first-order valence-corrected chi connectivity index (χ1v) is 11.2. The van der Waals surface area contributed by atoms with E-state index in [1.807, 2.05) is 12.1 Å². The molecule has 2 saturated heterocycles. The molecule has 5 rings (SSSR count). The summed E-state index contributed by atoms with van der Waals surface area (Å²) in [5, 5.41) is 3.64. The maximum atomic E-state index is 5.95. The van der Waals surface area contributed by atoms with Gasteiger partial charge in [0.2, 0.25) is 5.95 Å². The number of anilines is 2. The number of nitrogens with two attached hydrogens (primary N) is 1. The molecule has 0 radical (unpaired) electrons. The van der Waals surface area contributed by atoms with Crippen LogP contribution in [0.5, 0.6) is 0 Å². The van der Waals surface area contributed by atoms with Crippen LogP contribution in [0.1, 0.15) is 38.2 Å². The van der Waals surface area contributed by atoms with E-state index in [9.17, 15) is 0 Å². The van der Waals surface area contributed by atoms with E-state index in [-0.39, 0.29) is 5.92 Å². The topological polar surface area (TPSA) is 67.1 Å². The van der Waals surface area contributed by atoms with Crippen molar-refractivity contribution in [2.45, 2.75) is 38.6 Å². The number of hydrogen-bond acceptors (Lipinski definition) is 5. The zero-order chi connectivity index (χ0) is 20.7. The molecule has 4 atom stereocenters. The van der Waals surface area contributed by atoms with Crippen molar-refractivity contribution < 1.29 is 0 Å². The van der Waals surface area contributed by atoms with Crippen LogP contribution in [0, 0.1) is 11.8 Å². The van der Waals surface area contributed by atoms with E-state index in [2.05, 4.69) is 60.6 Å². The standard InChI is InChI=1S/C25H31N5/c1-16-3-8-21(17(2)13-16)22-14-28-25(29-24(22)18-4-6-20(26)7-5-18)30-12-10-23-19(15-30)9-11-27-23/h3-8,13-14,17,19,21,23,27H,9-12,15,26H2,1-2H3. The molecule has 5 nitrogen and oxygen atoms in total. The van der Waals surface area contributed by atoms with Crippen LogP contribution in [0.2, 0.25) is 0 Å². The average Bonchev–Trinajstić information content (AvgIpc) is 3.22. The van der Waals surface area contributed by atoms with Gasteiger partial charge in [0, 0.05) is 48.1 Å². The van der Waals surface area contributed by atoms with Gasteiger partial charge < -0.3 is 16.0 Å². The van der Waals surface area contributed by atoms with Crippen LogP contribution < -0.4 is 16.0 Å². The summed E-state index contributed by atoms with van der Waals surface area (Å²) in [6, 6.07) is 8.74. The first-order chi connectivity index (χ1) is 14.6. The number of nitrogens with one attached hydrogen (secondary N) is 1. The van der Waals surface area contributed by atoms with E-state index in [1.165, 1.54) is 24.0 Å². The Morgan fingerprint density at radius 1 is 1.17 bits per heavy atom. The molecular formula is C25H31N5. The monoisotopic (exact) mass is 401 g/mol. The molecule has 3 aliphatic rings. The number of allylic oxidation sites excluding steroid dienone is 4. The Morgan fingerprint density at radius 3 is 2.80 bits per heavy atom. The molecule has 0 saturated carbocycles. The fourth-order valence-corrected chi connectivity index (χ4v) is 5.27. The SMILES string of the molecule is CC1=CC(C)C(c2cnc(N3CCC4NCCC4C3)nc2-c2ccc(N)cc2)C=C1. The van der Waals surface area contributed by atoms with Crippen LogP contribution in [0.25, 0.3) is 11.3 Å². The highest BCUT2D eigenvalue weighted by Gasteiger charge is 2.34. The minimum atomic E-state index is 0.278. The minimum Gasteiger partial charge on any atom is -0.399 e. The average molecular weight is 402 g/mol. The zero-order valence-corrected chi connectivity index (χ0v) is 17.9. The van der Waals surface area contributed by atoms with Gasteiger partial charge in [-0.2, -0.15) is 0 Å². The molecule has 2 aromatic rings. The third-order valence-electron chi connectivity index (χ3n) is 6.94. The van der Waals surface area contributed by atoms with Crippen molar-refractivity contribution >= 4 is 11.6 Å². The molecular weight excluding hydrogens is 370 g/mol. The van der Waals surface area contributed by atoms with Crippen LogP contribution in [0.3, 0.4) is 0 Å². The van der Waals surface area contributed by atoms with Gasteiger partial charge in [-0.25, -0.2) is 9.97 Å². The normalized spacial score (nSPS) is 28.3. The van der Waals surface area contributed by atoms with Crippen LogP contribution in [-0.4, -0.2) is 35.6 Å². The summed E-state index contributed by atoms with van der Waals surface area (Å²) >= 11 is 0. The molecule has 1 aromatic carbocycles.